The van der Waals surface area contributed by atoms with Gasteiger partial charge in [-0.05, 0) is 38.3 Å². The normalized spacial score (nSPS) is 15.0. The molecule has 3 heterocycles. The van der Waals surface area contributed by atoms with Crippen LogP contribution in [0.1, 0.15) is 40.5 Å². The second kappa shape index (κ2) is 8.89. The Balaban J connectivity index is 1.37. The number of nitrogens with one attached hydrogen (secondary N) is 1. The summed E-state index contributed by atoms with van der Waals surface area (Å²) in [5.74, 6) is 0.0401. The van der Waals surface area contributed by atoms with Gasteiger partial charge in [0.05, 0.1) is 5.01 Å². The lowest BCUT2D eigenvalue weighted by atomic mass is 9.95. The van der Waals surface area contributed by atoms with Gasteiger partial charge in [0.2, 0.25) is 5.91 Å². The molecule has 0 bridgehead atoms. The lowest BCUT2D eigenvalue weighted by Gasteiger charge is -2.31. The first-order chi connectivity index (χ1) is 12.6. The quantitative estimate of drug-likeness (QED) is 0.791. The molecule has 1 N–H and O–H groups in total. The van der Waals surface area contributed by atoms with Crippen LogP contribution in [0.3, 0.4) is 0 Å². The van der Waals surface area contributed by atoms with Gasteiger partial charge in [-0.2, -0.15) is 0 Å². The van der Waals surface area contributed by atoms with E-state index >= 15 is 0 Å². The summed E-state index contributed by atoms with van der Waals surface area (Å²) in [6, 6.07) is 5.33. The Bertz CT molecular complexity index is 739. The molecule has 6 nitrogen and oxygen atoms in total. The zero-order valence-electron chi connectivity index (χ0n) is 15.0. The van der Waals surface area contributed by atoms with Crippen molar-refractivity contribution in [2.45, 2.75) is 32.6 Å². The molecular formula is C19H24N4O2S. The van der Waals surface area contributed by atoms with Crippen molar-refractivity contribution in [3.63, 3.8) is 0 Å². The number of thiazole rings is 1. The first-order valence-corrected chi connectivity index (χ1v) is 9.90. The van der Waals surface area contributed by atoms with Crippen molar-refractivity contribution in [3.8, 4) is 0 Å². The molecular weight excluding hydrogens is 348 g/mol. The number of amides is 2. The second-order valence-electron chi connectivity index (χ2n) is 6.56. The molecule has 138 valence electrons. The van der Waals surface area contributed by atoms with E-state index in [0.29, 0.717) is 38.2 Å². The molecule has 1 aliphatic rings. The Morgan fingerprint density at radius 1 is 1.31 bits per heavy atom. The molecule has 0 aliphatic carbocycles. The van der Waals surface area contributed by atoms with Crippen molar-refractivity contribution in [1.82, 2.24) is 20.2 Å². The van der Waals surface area contributed by atoms with Crippen molar-refractivity contribution >= 4 is 23.2 Å². The van der Waals surface area contributed by atoms with Gasteiger partial charge >= 0.3 is 0 Å². The lowest BCUT2D eigenvalue weighted by molar-refractivity contribution is -0.126. The van der Waals surface area contributed by atoms with E-state index in [1.165, 1.54) is 0 Å². The Kier molecular flexibility index (Phi) is 6.33. The smallest absolute Gasteiger partial charge is 0.272 e. The maximum absolute atomic E-state index is 12.4. The molecule has 0 radical (unpaired) electrons. The molecule has 7 heteroatoms. The monoisotopic (exact) mass is 372 g/mol. The lowest BCUT2D eigenvalue weighted by Crippen LogP contribution is -2.43. The van der Waals surface area contributed by atoms with Gasteiger partial charge in [0, 0.05) is 49.2 Å². The van der Waals surface area contributed by atoms with E-state index in [-0.39, 0.29) is 17.7 Å². The van der Waals surface area contributed by atoms with Gasteiger partial charge < -0.3 is 10.2 Å². The molecule has 2 aromatic rings. The predicted octanol–water partition coefficient (Wildman–Crippen LogP) is 2.45. The molecule has 1 aliphatic heterocycles. The van der Waals surface area contributed by atoms with Gasteiger partial charge in [0.15, 0.2) is 0 Å². The molecule has 0 aromatic carbocycles. The van der Waals surface area contributed by atoms with Crippen LogP contribution in [-0.4, -0.2) is 46.3 Å². The number of piperidine rings is 1. The molecule has 0 saturated carbocycles. The standard InChI is InChI=1S/C19H24N4O2S/c1-14-13-26-17(22-14)6-4-10-21-18(24)15-7-11-23(12-8-15)19(25)16-5-2-3-9-20-16/h2-3,5,9,13,15H,4,6-8,10-12H2,1H3,(H,21,24). The van der Waals surface area contributed by atoms with Crippen molar-refractivity contribution in [2.24, 2.45) is 5.92 Å². The minimum absolute atomic E-state index is 0.00936. The van der Waals surface area contributed by atoms with Crippen LogP contribution >= 0.6 is 11.3 Å². The Hall–Kier alpha value is -2.28. The first-order valence-electron chi connectivity index (χ1n) is 9.02. The fraction of sp³-hybridized carbons (Fsp3) is 0.474. The average Bonchev–Trinajstić information content (AvgIpc) is 3.10. The molecule has 0 atom stereocenters. The summed E-state index contributed by atoms with van der Waals surface area (Å²) in [5, 5.41) is 6.20. The van der Waals surface area contributed by atoms with Crippen LogP contribution in [0.4, 0.5) is 0 Å². The molecule has 3 rings (SSSR count). The molecule has 26 heavy (non-hydrogen) atoms. The highest BCUT2D eigenvalue weighted by Gasteiger charge is 2.27. The summed E-state index contributed by atoms with van der Waals surface area (Å²) < 4.78 is 0. The third-order valence-electron chi connectivity index (χ3n) is 4.57. The van der Waals surface area contributed by atoms with Crippen LogP contribution in [0.15, 0.2) is 29.8 Å². The molecule has 0 unspecified atom stereocenters. The minimum Gasteiger partial charge on any atom is -0.356 e. The molecule has 1 fully saturated rings. The maximum atomic E-state index is 12.4. The van der Waals surface area contributed by atoms with Crippen LogP contribution in [0, 0.1) is 12.8 Å². The fourth-order valence-corrected chi connectivity index (χ4v) is 3.93. The summed E-state index contributed by atoms with van der Waals surface area (Å²) in [5.41, 5.74) is 1.52. The van der Waals surface area contributed by atoms with Crippen molar-refractivity contribution in [2.75, 3.05) is 19.6 Å². The van der Waals surface area contributed by atoms with Gasteiger partial charge in [0.25, 0.3) is 5.91 Å². The summed E-state index contributed by atoms with van der Waals surface area (Å²) in [6.45, 7) is 3.87. The van der Waals surface area contributed by atoms with Crippen LogP contribution in [0.2, 0.25) is 0 Å². The zero-order valence-corrected chi connectivity index (χ0v) is 15.8. The first kappa shape index (κ1) is 18.5. The predicted molar refractivity (Wildman–Crippen MR) is 101 cm³/mol. The van der Waals surface area contributed by atoms with Gasteiger partial charge in [-0.1, -0.05) is 6.07 Å². The van der Waals surface area contributed by atoms with Gasteiger partial charge in [0.1, 0.15) is 5.69 Å². The summed E-state index contributed by atoms with van der Waals surface area (Å²) in [6.07, 6.45) is 4.83. The fourth-order valence-electron chi connectivity index (χ4n) is 3.11. The number of likely N-dealkylation sites (tertiary alicyclic amines) is 1. The van der Waals surface area contributed by atoms with Crippen molar-refractivity contribution in [3.05, 3.63) is 46.2 Å². The largest absolute Gasteiger partial charge is 0.356 e. The van der Waals surface area contributed by atoms with Crippen molar-refractivity contribution in [1.29, 1.82) is 0 Å². The number of carbonyl (C=O) groups is 2. The number of hydrogen-bond acceptors (Lipinski definition) is 5. The van der Waals surface area contributed by atoms with E-state index in [2.05, 4.69) is 15.3 Å². The van der Waals surface area contributed by atoms with E-state index in [1.807, 2.05) is 18.4 Å². The highest BCUT2D eigenvalue weighted by Crippen LogP contribution is 2.19. The van der Waals surface area contributed by atoms with Gasteiger partial charge in [-0.25, -0.2) is 4.98 Å². The summed E-state index contributed by atoms with van der Waals surface area (Å²) in [7, 11) is 0. The van der Waals surface area contributed by atoms with E-state index in [9.17, 15) is 9.59 Å². The maximum Gasteiger partial charge on any atom is 0.272 e. The highest BCUT2D eigenvalue weighted by molar-refractivity contribution is 7.09. The molecule has 1 saturated heterocycles. The molecule has 0 spiro atoms. The average molecular weight is 372 g/mol. The Morgan fingerprint density at radius 3 is 2.77 bits per heavy atom. The number of hydrogen-bond donors (Lipinski definition) is 1. The summed E-state index contributed by atoms with van der Waals surface area (Å²) >= 11 is 1.67. The van der Waals surface area contributed by atoms with Crippen LogP contribution in [-0.2, 0) is 11.2 Å². The van der Waals surface area contributed by atoms with E-state index < -0.39 is 0 Å². The number of aryl methyl sites for hydroxylation is 2. The van der Waals surface area contributed by atoms with Gasteiger partial charge in [-0.15, -0.1) is 11.3 Å². The number of aromatic nitrogens is 2. The Morgan fingerprint density at radius 2 is 2.12 bits per heavy atom. The SMILES string of the molecule is Cc1csc(CCCNC(=O)C2CCN(C(=O)c3ccccn3)CC2)n1. The topological polar surface area (TPSA) is 75.2 Å². The number of rotatable bonds is 6. The third-order valence-corrected chi connectivity index (χ3v) is 5.60. The van der Waals surface area contributed by atoms with Crippen LogP contribution < -0.4 is 5.32 Å². The third kappa shape index (κ3) is 4.88. The number of pyridine rings is 1. The molecule has 2 amide bonds. The number of carbonyl (C=O) groups excluding carboxylic acids is 2. The Labute approximate surface area is 157 Å². The summed E-state index contributed by atoms with van der Waals surface area (Å²) in [4.78, 5) is 35.0. The van der Waals surface area contributed by atoms with E-state index in [1.54, 1.807) is 34.6 Å². The van der Waals surface area contributed by atoms with Gasteiger partial charge in [-0.3, -0.25) is 14.6 Å². The van der Waals surface area contributed by atoms with E-state index in [0.717, 1.165) is 23.5 Å². The van der Waals surface area contributed by atoms with Crippen molar-refractivity contribution < 1.29 is 9.59 Å². The molecule has 2 aromatic heterocycles. The zero-order chi connectivity index (χ0) is 18.4. The van der Waals surface area contributed by atoms with E-state index in [4.69, 9.17) is 0 Å². The highest BCUT2D eigenvalue weighted by atomic mass is 32.1. The van der Waals surface area contributed by atoms with Crippen LogP contribution in [0.5, 0.6) is 0 Å². The number of nitrogens with zero attached hydrogens (tertiary/aromatic N) is 3. The second-order valence-corrected chi connectivity index (χ2v) is 7.50. The minimum atomic E-state index is -0.0526. The van der Waals surface area contributed by atoms with Crippen LogP contribution in [0.25, 0.3) is 0 Å².